The molecule has 0 aliphatic heterocycles. The zero-order valence-electron chi connectivity index (χ0n) is 27.4. The molecule has 7 N–H and O–H groups in total. The normalized spacial score (nSPS) is 18.0. The van der Waals surface area contributed by atoms with E-state index in [0.717, 1.165) is 10.8 Å². The summed E-state index contributed by atoms with van der Waals surface area (Å²) in [4.78, 5) is 54.0. The molecule has 3 aromatic carbocycles. The highest BCUT2D eigenvalue weighted by molar-refractivity contribution is 5.99. The summed E-state index contributed by atoms with van der Waals surface area (Å²) >= 11 is 0. The lowest BCUT2D eigenvalue weighted by molar-refractivity contribution is -0.136. The van der Waals surface area contributed by atoms with E-state index in [9.17, 15) is 24.3 Å². The standard InChI is InChI=1S/C36H46N4O9/c41-13-17-48-15-11-37-33(44)27-20-28(34(45)38-12-16-49-18-14-42)22-29(21-27)35(46)40-32(19-24-5-9-31(43)10-6-24)36(47)39-30-8-7-25-3-1-2-4-26(25)23-30/h1-10,23,27-29,32,41-43H,11-22H2,(H,37,44)(H,38,45)(H,39,47)(H,40,46)/t27-,28+,29?,32-/m0/s1. The van der Waals surface area contributed by atoms with Crippen LogP contribution >= 0.6 is 0 Å². The van der Waals surface area contributed by atoms with Crippen molar-refractivity contribution in [1.82, 2.24) is 16.0 Å². The Balaban J connectivity index is 1.49. The number of rotatable bonds is 18. The van der Waals surface area contributed by atoms with E-state index in [0.29, 0.717) is 11.3 Å². The molecule has 4 atom stereocenters. The van der Waals surface area contributed by atoms with Gasteiger partial charge in [-0.15, -0.1) is 0 Å². The highest BCUT2D eigenvalue weighted by Crippen LogP contribution is 2.34. The Hall–Kier alpha value is -4.56. The largest absolute Gasteiger partial charge is 0.508 e. The molecule has 0 spiro atoms. The number of benzene rings is 3. The number of amides is 4. The van der Waals surface area contributed by atoms with Gasteiger partial charge in [0.1, 0.15) is 11.8 Å². The highest BCUT2D eigenvalue weighted by Gasteiger charge is 2.40. The van der Waals surface area contributed by atoms with Crippen molar-refractivity contribution in [2.24, 2.45) is 17.8 Å². The van der Waals surface area contributed by atoms with Gasteiger partial charge < -0.3 is 46.1 Å². The van der Waals surface area contributed by atoms with E-state index in [1.165, 1.54) is 12.1 Å². The summed E-state index contributed by atoms with van der Waals surface area (Å²) in [5.41, 5.74) is 1.27. The van der Waals surface area contributed by atoms with Crippen molar-refractivity contribution in [3.05, 3.63) is 72.3 Å². The summed E-state index contributed by atoms with van der Waals surface area (Å²) in [6.07, 6.45) is 0.719. The van der Waals surface area contributed by atoms with Crippen LogP contribution in [-0.4, -0.2) is 97.7 Å². The van der Waals surface area contributed by atoms with Crippen LogP contribution in [0.4, 0.5) is 5.69 Å². The SMILES string of the molecule is O=C(N[C@@H](Cc1ccc(O)cc1)C(=O)Nc1ccc2ccccc2c1)C1C[C@@H](C(=O)NCCOCCO)C[C@@H](C(=O)NCCOCCO)C1. The first-order valence-electron chi connectivity index (χ1n) is 16.6. The Kier molecular flexibility index (Phi) is 14.8. The Labute approximate surface area is 285 Å². The Morgan fingerprint density at radius 3 is 1.82 bits per heavy atom. The Morgan fingerprint density at radius 2 is 1.24 bits per heavy atom. The molecule has 3 aromatic rings. The molecule has 13 nitrogen and oxygen atoms in total. The molecule has 1 saturated carbocycles. The lowest BCUT2D eigenvalue weighted by Gasteiger charge is -2.33. The van der Waals surface area contributed by atoms with E-state index in [1.807, 2.05) is 36.4 Å². The third kappa shape index (κ3) is 11.8. The smallest absolute Gasteiger partial charge is 0.247 e. The van der Waals surface area contributed by atoms with Gasteiger partial charge in [0.2, 0.25) is 23.6 Å². The maximum Gasteiger partial charge on any atom is 0.247 e. The van der Waals surface area contributed by atoms with E-state index in [4.69, 9.17) is 19.7 Å². The molecule has 0 bridgehead atoms. The third-order valence-electron chi connectivity index (χ3n) is 8.41. The van der Waals surface area contributed by atoms with E-state index in [2.05, 4.69) is 21.3 Å². The van der Waals surface area contributed by atoms with Crippen molar-refractivity contribution >= 4 is 40.1 Å². The fourth-order valence-electron chi connectivity index (χ4n) is 5.94. The quantitative estimate of drug-likeness (QED) is 0.0976. The lowest BCUT2D eigenvalue weighted by atomic mass is 9.74. The number of phenols is 1. The second-order valence-corrected chi connectivity index (χ2v) is 12.0. The fourth-order valence-corrected chi connectivity index (χ4v) is 5.94. The number of aliphatic hydroxyl groups is 2. The van der Waals surface area contributed by atoms with E-state index < -0.39 is 35.6 Å². The maximum absolute atomic E-state index is 13.9. The molecule has 0 aromatic heterocycles. The minimum Gasteiger partial charge on any atom is -0.508 e. The molecule has 13 heteroatoms. The number of ether oxygens (including phenoxy) is 2. The summed E-state index contributed by atoms with van der Waals surface area (Å²) in [7, 11) is 0. The van der Waals surface area contributed by atoms with Gasteiger partial charge in [0.05, 0.1) is 39.6 Å². The lowest BCUT2D eigenvalue weighted by Crippen LogP contribution is -2.50. The molecule has 264 valence electrons. The predicted octanol–water partition coefficient (Wildman–Crippen LogP) is 1.49. The highest BCUT2D eigenvalue weighted by atomic mass is 16.5. The van der Waals surface area contributed by atoms with Gasteiger partial charge in [-0.05, 0) is 59.9 Å². The molecule has 0 heterocycles. The Bertz CT molecular complexity index is 1500. The number of carbonyl (C=O) groups is 4. The second-order valence-electron chi connectivity index (χ2n) is 12.0. The topological polar surface area (TPSA) is 196 Å². The van der Waals surface area contributed by atoms with Crippen LogP contribution in [0.5, 0.6) is 5.75 Å². The van der Waals surface area contributed by atoms with Crippen LogP contribution in [0.2, 0.25) is 0 Å². The summed E-state index contributed by atoms with van der Waals surface area (Å²) < 4.78 is 10.4. The predicted molar refractivity (Wildman–Crippen MR) is 182 cm³/mol. The average Bonchev–Trinajstić information content (AvgIpc) is 3.11. The number of aliphatic hydroxyl groups excluding tert-OH is 2. The molecule has 4 rings (SSSR count). The van der Waals surface area contributed by atoms with Crippen molar-refractivity contribution in [2.75, 3.05) is 58.0 Å². The number of anilines is 1. The van der Waals surface area contributed by atoms with Crippen LogP contribution in [-0.2, 0) is 35.1 Å². The van der Waals surface area contributed by atoms with E-state index in [-0.39, 0.29) is 96.0 Å². The molecule has 0 radical (unpaired) electrons. The van der Waals surface area contributed by atoms with Gasteiger partial charge in [-0.25, -0.2) is 0 Å². The molecular formula is C36H46N4O9. The minimum absolute atomic E-state index is 0.0701. The van der Waals surface area contributed by atoms with Crippen LogP contribution in [0.15, 0.2) is 66.7 Å². The number of carbonyl (C=O) groups excluding carboxylic acids is 4. The zero-order valence-corrected chi connectivity index (χ0v) is 27.4. The van der Waals surface area contributed by atoms with Crippen molar-refractivity contribution < 1.29 is 44.0 Å². The van der Waals surface area contributed by atoms with Crippen molar-refractivity contribution in [1.29, 1.82) is 0 Å². The fraction of sp³-hybridized carbons (Fsp3) is 0.444. The molecule has 1 unspecified atom stereocenters. The molecular weight excluding hydrogens is 632 g/mol. The number of nitrogens with one attached hydrogen (secondary N) is 4. The second kappa shape index (κ2) is 19.4. The first-order chi connectivity index (χ1) is 23.8. The summed E-state index contributed by atoms with van der Waals surface area (Å²) in [5.74, 6) is -3.50. The van der Waals surface area contributed by atoms with Gasteiger partial charge in [-0.1, -0.05) is 42.5 Å². The van der Waals surface area contributed by atoms with Crippen LogP contribution in [0.1, 0.15) is 24.8 Å². The van der Waals surface area contributed by atoms with Crippen LogP contribution in [0.3, 0.4) is 0 Å². The number of hydrogen-bond acceptors (Lipinski definition) is 9. The molecule has 1 aliphatic rings. The number of fused-ring (bicyclic) bond motifs is 1. The monoisotopic (exact) mass is 678 g/mol. The number of hydrogen-bond donors (Lipinski definition) is 7. The molecule has 1 fully saturated rings. The molecule has 1 aliphatic carbocycles. The van der Waals surface area contributed by atoms with Crippen molar-refractivity contribution in [3.8, 4) is 5.75 Å². The van der Waals surface area contributed by atoms with Crippen LogP contribution in [0, 0.1) is 17.8 Å². The first kappa shape index (κ1) is 37.3. The number of phenolic OH excluding ortho intramolecular Hbond substituents is 1. The third-order valence-corrected chi connectivity index (χ3v) is 8.41. The van der Waals surface area contributed by atoms with Gasteiger partial charge in [-0.3, -0.25) is 19.2 Å². The minimum atomic E-state index is -1.00. The van der Waals surface area contributed by atoms with Crippen molar-refractivity contribution in [2.45, 2.75) is 31.7 Å². The van der Waals surface area contributed by atoms with Gasteiger partial charge in [0.25, 0.3) is 0 Å². The van der Waals surface area contributed by atoms with Gasteiger partial charge in [-0.2, -0.15) is 0 Å². The maximum atomic E-state index is 13.9. The summed E-state index contributed by atoms with van der Waals surface area (Å²) in [6.45, 7) is 0.825. The summed E-state index contributed by atoms with van der Waals surface area (Å²) in [6, 6.07) is 18.6. The first-order valence-corrected chi connectivity index (χ1v) is 16.6. The van der Waals surface area contributed by atoms with Gasteiger partial charge in [0.15, 0.2) is 0 Å². The molecule has 0 saturated heterocycles. The van der Waals surface area contributed by atoms with Gasteiger partial charge in [0, 0.05) is 43.0 Å². The van der Waals surface area contributed by atoms with Gasteiger partial charge >= 0.3 is 0 Å². The summed E-state index contributed by atoms with van der Waals surface area (Å²) in [5, 5.41) is 40.9. The zero-order chi connectivity index (χ0) is 35.0. The van der Waals surface area contributed by atoms with Crippen molar-refractivity contribution in [3.63, 3.8) is 0 Å². The molecule has 4 amide bonds. The van der Waals surface area contributed by atoms with E-state index >= 15 is 0 Å². The van der Waals surface area contributed by atoms with E-state index in [1.54, 1.807) is 18.2 Å². The van der Waals surface area contributed by atoms with Crippen LogP contribution < -0.4 is 21.3 Å². The Morgan fingerprint density at radius 1 is 0.694 bits per heavy atom. The molecule has 49 heavy (non-hydrogen) atoms. The number of aromatic hydroxyl groups is 1. The average molecular weight is 679 g/mol. The van der Waals surface area contributed by atoms with Crippen LogP contribution in [0.25, 0.3) is 10.8 Å².